The van der Waals surface area contributed by atoms with Gasteiger partial charge in [0.1, 0.15) is 5.69 Å². The first-order valence-corrected chi connectivity index (χ1v) is 4.34. The second kappa shape index (κ2) is 3.31. The molecule has 2 aromatic heterocycles. The standard InChI is InChI=1S/C9H7ClN2O2/c1-12-6(4-5-11-12)9(13)7-2-3-8(10)14-7/h2-5H,1H3. The Kier molecular flexibility index (Phi) is 2.13. The van der Waals surface area contributed by atoms with Crippen molar-refractivity contribution >= 4 is 17.4 Å². The largest absolute Gasteiger partial charge is 0.441 e. The summed E-state index contributed by atoms with van der Waals surface area (Å²) in [6.45, 7) is 0. The lowest BCUT2D eigenvalue weighted by atomic mass is 10.2. The molecule has 2 heterocycles. The first-order chi connectivity index (χ1) is 6.68. The summed E-state index contributed by atoms with van der Waals surface area (Å²) in [6.07, 6.45) is 1.55. The molecule has 0 radical (unpaired) electrons. The van der Waals surface area contributed by atoms with Crippen LogP contribution >= 0.6 is 11.6 Å². The Morgan fingerprint density at radius 3 is 2.79 bits per heavy atom. The predicted molar refractivity (Wildman–Crippen MR) is 50.4 cm³/mol. The molecule has 0 N–H and O–H groups in total. The number of hydrogen-bond acceptors (Lipinski definition) is 3. The molecular weight excluding hydrogens is 204 g/mol. The Morgan fingerprint density at radius 1 is 1.50 bits per heavy atom. The number of carbonyl (C=O) groups is 1. The highest BCUT2D eigenvalue weighted by atomic mass is 35.5. The van der Waals surface area contributed by atoms with Crippen LogP contribution in [-0.4, -0.2) is 15.6 Å². The van der Waals surface area contributed by atoms with Crippen molar-refractivity contribution in [1.82, 2.24) is 9.78 Å². The van der Waals surface area contributed by atoms with E-state index in [9.17, 15) is 4.79 Å². The van der Waals surface area contributed by atoms with E-state index in [0.29, 0.717) is 5.69 Å². The van der Waals surface area contributed by atoms with Crippen molar-refractivity contribution in [3.8, 4) is 0 Å². The monoisotopic (exact) mass is 210 g/mol. The van der Waals surface area contributed by atoms with E-state index in [1.807, 2.05) is 0 Å². The minimum atomic E-state index is -0.225. The molecule has 0 atom stereocenters. The Balaban J connectivity index is 2.38. The van der Waals surface area contributed by atoms with Gasteiger partial charge in [-0.05, 0) is 29.8 Å². The number of aromatic nitrogens is 2. The van der Waals surface area contributed by atoms with Gasteiger partial charge in [-0.1, -0.05) is 0 Å². The molecule has 72 valence electrons. The van der Waals surface area contributed by atoms with Crippen molar-refractivity contribution in [2.75, 3.05) is 0 Å². The van der Waals surface area contributed by atoms with Gasteiger partial charge in [0.05, 0.1) is 0 Å². The fourth-order valence-electron chi connectivity index (χ4n) is 1.16. The first kappa shape index (κ1) is 9.02. The van der Waals surface area contributed by atoms with Gasteiger partial charge in [-0.2, -0.15) is 5.10 Å². The Morgan fingerprint density at radius 2 is 2.29 bits per heavy atom. The maximum absolute atomic E-state index is 11.7. The van der Waals surface area contributed by atoms with E-state index < -0.39 is 0 Å². The van der Waals surface area contributed by atoms with Crippen molar-refractivity contribution in [1.29, 1.82) is 0 Å². The smallest absolute Gasteiger partial charge is 0.246 e. The van der Waals surface area contributed by atoms with Gasteiger partial charge in [-0.3, -0.25) is 9.48 Å². The Labute approximate surface area is 85.1 Å². The molecule has 0 unspecified atom stereocenters. The van der Waals surface area contributed by atoms with Gasteiger partial charge < -0.3 is 4.42 Å². The third-order valence-corrected chi connectivity index (χ3v) is 2.05. The van der Waals surface area contributed by atoms with Crippen LogP contribution in [0.1, 0.15) is 16.2 Å². The third kappa shape index (κ3) is 1.44. The third-order valence-electron chi connectivity index (χ3n) is 1.85. The lowest BCUT2D eigenvalue weighted by Crippen LogP contribution is -2.06. The van der Waals surface area contributed by atoms with Crippen molar-refractivity contribution in [2.24, 2.45) is 7.05 Å². The molecule has 2 rings (SSSR count). The summed E-state index contributed by atoms with van der Waals surface area (Å²) < 4.78 is 6.48. The van der Waals surface area contributed by atoms with Gasteiger partial charge in [0.25, 0.3) is 0 Å². The molecule has 0 fully saturated rings. The van der Waals surface area contributed by atoms with Crippen molar-refractivity contribution in [2.45, 2.75) is 0 Å². The topological polar surface area (TPSA) is 48.0 Å². The second-order valence-electron chi connectivity index (χ2n) is 2.77. The molecule has 0 spiro atoms. The summed E-state index contributed by atoms with van der Waals surface area (Å²) in [5.74, 6) is -0.00417. The van der Waals surface area contributed by atoms with E-state index in [-0.39, 0.29) is 16.8 Å². The summed E-state index contributed by atoms with van der Waals surface area (Å²) >= 11 is 5.56. The quantitative estimate of drug-likeness (QED) is 0.712. The minimum absolute atomic E-state index is 0.204. The fraction of sp³-hybridized carbons (Fsp3) is 0.111. The van der Waals surface area contributed by atoms with Gasteiger partial charge >= 0.3 is 0 Å². The first-order valence-electron chi connectivity index (χ1n) is 3.96. The van der Waals surface area contributed by atoms with E-state index in [0.717, 1.165) is 0 Å². The minimum Gasteiger partial charge on any atom is -0.441 e. The number of aryl methyl sites for hydroxylation is 1. The lowest BCUT2D eigenvalue weighted by molar-refractivity contribution is 0.100. The van der Waals surface area contributed by atoms with Crippen LogP contribution in [0, 0.1) is 0 Å². The van der Waals surface area contributed by atoms with Crippen molar-refractivity contribution in [3.63, 3.8) is 0 Å². The summed E-state index contributed by atoms with van der Waals surface area (Å²) in [6, 6.07) is 4.70. The van der Waals surface area contributed by atoms with Crippen LogP contribution in [0.2, 0.25) is 5.22 Å². The normalized spacial score (nSPS) is 10.4. The average molecular weight is 211 g/mol. The number of carbonyl (C=O) groups excluding carboxylic acids is 1. The average Bonchev–Trinajstić information content (AvgIpc) is 2.73. The molecule has 0 aliphatic heterocycles. The lowest BCUT2D eigenvalue weighted by Gasteiger charge is -1.96. The molecule has 0 aliphatic carbocycles. The zero-order valence-electron chi connectivity index (χ0n) is 7.40. The maximum atomic E-state index is 11.7. The zero-order chi connectivity index (χ0) is 10.1. The van der Waals surface area contributed by atoms with Gasteiger partial charge in [0, 0.05) is 13.2 Å². The SMILES string of the molecule is Cn1nccc1C(=O)c1ccc(Cl)o1. The van der Waals surface area contributed by atoms with E-state index in [4.69, 9.17) is 16.0 Å². The Hall–Kier alpha value is -1.55. The van der Waals surface area contributed by atoms with E-state index in [1.165, 1.54) is 16.8 Å². The predicted octanol–water partition coefficient (Wildman–Crippen LogP) is 1.90. The second-order valence-corrected chi connectivity index (χ2v) is 3.15. The summed E-state index contributed by atoms with van der Waals surface area (Å²) in [5, 5.41) is 4.10. The van der Waals surface area contributed by atoms with Crippen LogP contribution in [-0.2, 0) is 7.05 Å². The summed E-state index contributed by atoms with van der Waals surface area (Å²) in [5.41, 5.74) is 0.469. The molecular formula is C9H7ClN2O2. The number of nitrogens with zero attached hydrogens (tertiary/aromatic N) is 2. The highest BCUT2D eigenvalue weighted by Crippen LogP contribution is 2.16. The van der Waals surface area contributed by atoms with Gasteiger partial charge in [0.15, 0.2) is 11.0 Å². The molecule has 0 saturated heterocycles. The van der Waals surface area contributed by atoms with Crippen LogP contribution < -0.4 is 0 Å². The number of ketones is 1. The molecule has 0 aromatic carbocycles. The van der Waals surface area contributed by atoms with Crippen molar-refractivity contribution < 1.29 is 9.21 Å². The highest BCUT2D eigenvalue weighted by molar-refractivity contribution is 6.29. The Bertz CT molecular complexity index is 473. The van der Waals surface area contributed by atoms with Crippen LogP contribution in [0.5, 0.6) is 0 Å². The molecule has 0 amide bonds. The molecule has 0 aliphatic rings. The van der Waals surface area contributed by atoms with Crippen molar-refractivity contribution in [3.05, 3.63) is 41.1 Å². The number of rotatable bonds is 2. The maximum Gasteiger partial charge on any atom is 0.246 e. The molecule has 0 bridgehead atoms. The van der Waals surface area contributed by atoms with Gasteiger partial charge in [-0.25, -0.2) is 0 Å². The molecule has 2 aromatic rings. The van der Waals surface area contributed by atoms with E-state index in [2.05, 4.69) is 5.10 Å². The zero-order valence-corrected chi connectivity index (χ0v) is 8.15. The number of halogens is 1. The van der Waals surface area contributed by atoms with Gasteiger partial charge in [-0.15, -0.1) is 0 Å². The molecule has 4 nitrogen and oxygen atoms in total. The van der Waals surface area contributed by atoms with Crippen LogP contribution in [0.4, 0.5) is 0 Å². The number of furan rings is 1. The van der Waals surface area contributed by atoms with Crippen LogP contribution in [0.3, 0.4) is 0 Å². The summed E-state index contributed by atoms with van der Waals surface area (Å²) in [4.78, 5) is 11.7. The van der Waals surface area contributed by atoms with Crippen LogP contribution in [0.15, 0.2) is 28.8 Å². The molecule has 5 heteroatoms. The van der Waals surface area contributed by atoms with Gasteiger partial charge in [0.2, 0.25) is 5.78 Å². The highest BCUT2D eigenvalue weighted by Gasteiger charge is 2.15. The van der Waals surface area contributed by atoms with E-state index >= 15 is 0 Å². The molecule has 14 heavy (non-hydrogen) atoms. The van der Waals surface area contributed by atoms with Crippen LogP contribution in [0.25, 0.3) is 0 Å². The molecule has 0 saturated carbocycles. The number of hydrogen-bond donors (Lipinski definition) is 0. The summed E-state index contributed by atoms with van der Waals surface area (Å²) in [7, 11) is 1.69. The van der Waals surface area contributed by atoms with E-state index in [1.54, 1.807) is 19.3 Å². The fourth-order valence-corrected chi connectivity index (χ4v) is 1.31.